The Morgan fingerprint density at radius 2 is 1.94 bits per heavy atom. The summed E-state index contributed by atoms with van der Waals surface area (Å²) in [4.78, 5) is 24.3. The highest BCUT2D eigenvalue weighted by molar-refractivity contribution is 6.03. The minimum absolute atomic E-state index is 0.0779. The smallest absolute Gasteiger partial charge is 0.232 e. The lowest BCUT2D eigenvalue weighted by Crippen LogP contribution is -2.26. The van der Waals surface area contributed by atoms with Crippen molar-refractivity contribution in [3.63, 3.8) is 0 Å². The maximum Gasteiger partial charge on any atom is 0.232 e. The van der Waals surface area contributed by atoms with Crippen LogP contribution in [-0.2, 0) is 16.0 Å². The van der Waals surface area contributed by atoms with Crippen molar-refractivity contribution in [3.05, 3.63) is 29.8 Å². The molecule has 1 aliphatic heterocycles. The molecule has 1 atom stereocenters. The molecule has 1 saturated heterocycles. The number of ether oxygens (including phenoxy) is 1. The minimum Gasteiger partial charge on any atom is -0.497 e. The van der Waals surface area contributed by atoms with Crippen molar-refractivity contribution in [2.75, 3.05) is 14.2 Å². The minimum atomic E-state index is -0.208. The topological polar surface area (TPSA) is 46.6 Å². The molecule has 0 N–H and O–H groups in total. The van der Waals surface area contributed by atoms with Gasteiger partial charge >= 0.3 is 0 Å². The number of hydrogen-bond donors (Lipinski definition) is 0. The summed E-state index contributed by atoms with van der Waals surface area (Å²) in [6.45, 7) is 0. The third-order valence-corrected chi connectivity index (χ3v) is 3.12. The Bertz CT molecular complexity index is 438. The number of carbonyl (C=O) groups excluding carboxylic acids is 2. The summed E-state index contributed by atoms with van der Waals surface area (Å²) in [6.07, 6.45) is 0.931. The Morgan fingerprint density at radius 3 is 2.41 bits per heavy atom. The predicted molar refractivity (Wildman–Crippen MR) is 62.6 cm³/mol. The van der Waals surface area contributed by atoms with E-state index < -0.39 is 0 Å². The summed E-state index contributed by atoms with van der Waals surface area (Å²) >= 11 is 0. The maximum atomic E-state index is 11.7. The highest BCUT2D eigenvalue weighted by Gasteiger charge is 2.35. The molecule has 1 fully saturated rings. The van der Waals surface area contributed by atoms with Crippen LogP contribution in [0.2, 0.25) is 0 Å². The van der Waals surface area contributed by atoms with Crippen molar-refractivity contribution in [1.82, 2.24) is 4.90 Å². The van der Waals surface area contributed by atoms with Crippen LogP contribution in [0, 0.1) is 5.92 Å². The first-order chi connectivity index (χ1) is 8.11. The molecule has 1 aromatic carbocycles. The number of likely N-dealkylation sites (tertiary alicyclic amines) is 1. The third kappa shape index (κ3) is 2.30. The van der Waals surface area contributed by atoms with E-state index in [0.29, 0.717) is 12.8 Å². The second-order valence-corrected chi connectivity index (χ2v) is 4.24. The second-order valence-electron chi connectivity index (χ2n) is 4.24. The summed E-state index contributed by atoms with van der Waals surface area (Å²) in [5.41, 5.74) is 1.05. The highest BCUT2D eigenvalue weighted by atomic mass is 16.5. The molecule has 4 heteroatoms. The van der Waals surface area contributed by atoms with Crippen LogP contribution < -0.4 is 4.74 Å². The van der Waals surface area contributed by atoms with Gasteiger partial charge in [-0.05, 0) is 24.1 Å². The van der Waals surface area contributed by atoms with E-state index in [-0.39, 0.29) is 17.7 Å². The molecule has 1 aliphatic rings. The van der Waals surface area contributed by atoms with Crippen LogP contribution in [0.25, 0.3) is 0 Å². The van der Waals surface area contributed by atoms with Crippen LogP contribution in [0.5, 0.6) is 5.75 Å². The Hall–Kier alpha value is -1.84. The quantitative estimate of drug-likeness (QED) is 0.738. The monoisotopic (exact) mass is 233 g/mol. The maximum absolute atomic E-state index is 11.7. The Morgan fingerprint density at radius 1 is 1.29 bits per heavy atom. The Kier molecular flexibility index (Phi) is 3.13. The zero-order chi connectivity index (χ0) is 12.4. The second kappa shape index (κ2) is 4.57. The van der Waals surface area contributed by atoms with Crippen molar-refractivity contribution >= 4 is 11.8 Å². The molecule has 0 radical (unpaired) electrons. The molecule has 0 spiro atoms. The van der Waals surface area contributed by atoms with Gasteiger partial charge in [0.25, 0.3) is 0 Å². The largest absolute Gasteiger partial charge is 0.497 e. The lowest BCUT2D eigenvalue weighted by Gasteiger charge is -2.09. The molecule has 2 amide bonds. The van der Waals surface area contributed by atoms with E-state index >= 15 is 0 Å². The van der Waals surface area contributed by atoms with Crippen molar-refractivity contribution < 1.29 is 14.3 Å². The zero-order valence-electron chi connectivity index (χ0n) is 9.97. The standard InChI is InChI=1S/C13H15NO3/c1-14-12(15)8-10(13(14)16)7-9-3-5-11(17-2)6-4-9/h3-6,10H,7-8H2,1-2H3. The number of imide groups is 1. The predicted octanol–water partition coefficient (Wildman–Crippen LogP) is 1.24. The van der Waals surface area contributed by atoms with Crippen molar-refractivity contribution in [2.24, 2.45) is 5.92 Å². The van der Waals surface area contributed by atoms with Crippen molar-refractivity contribution in [1.29, 1.82) is 0 Å². The van der Waals surface area contributed by atoms with Crippen LogP contribution in [0.15, 0.2) is 24.3 Å². The van der Waals surface area contributed by atoms with Gasteiger partial charge < -0.3 is 4.74 Å². The molecule has 0 aliphatic carbocycles. The highest BCUT2D eigenvalue weighted by Crippen LogP contribution is 2.23. The summed E-state index contributed by atoms with van der Waals surface area (Å²) in [7, 11) is 3.15. The van der Waals surface area contributed by atoms with Crippen LogP contribution in [0.1, 0.15) is 12.0 Å². The van der Waals surface area contributed by atoms with Crippen LogP contribution in [0.3, 0.4) is 0 Å². The van der Waals surface area contributed by atoms with Gasteiger partial charge in [-0.1, -0.05) is 12.1 Å². The fraction of sp³-hybridized carbons (Fsp3) is 0.385. The summed E-state index contributed by atoms with van der Waals surface area (Å²) in [6, 6.07) is 7.57. The van der Waals surface area contributed by atoms with Crippen molar-refractivity contribution in [2.45, 2.75) is 12.8 Å². The molecule has 2 rings (SSSR count). The van der Waals surface area contributed by atoms with Gasteiger partial charge in [-0.3, -0.25) is 14.5 Å². The summed E-state index contributed by atoms with van der Waals surface area (Å²) in [5, 5.41) is 0. The first-order valence-corrected chi connectivity index (χ1v) is 5.55. The normalized spacial score (nSPS) is 19.9. The van der Waals surface area contributed by atoms with Gasteiger partial charge in [-0.25, -0.2) is 0 Å². The van der Waals surface area contributed by atoms with E-state index in [4.69, 9.17) is 4.74 Å². The van der Waals surface area contributed by atoms with Gasteiger partial charge in [-0.15, -0.1) is 0 Å². The average molecular weight is 233 g/mol. The fourth-order valence-corrected chi connectivity index (χ4v) is 2.04. The van der Waals surface area contributed by atoms with Gasteiger partial charge in [-0.2, -0.15) is 0 Å². The number of carbonyl (C=O) groups is 2. The van der Waals surface area contributed by atoms with Crippen LogP contribution in [-0.4, -0.2) is 30.9 Å². The Labute approximate surface area is 100 Å². The first kappa shape index (κ1) is 11.6. The Balaban J connectivity index is 2.06. The lowest BCUT2D eigenvalue weighted by atomic mass is 9.98. The van der Waals surface area contributed by atoms with E-state index in [1.165, 1.54) is 4.90 Å². The third-order valence-electron chi connectivity index (χ3n) is 3.12. The molecule has 17 heavy (non-hydrogen) atoms. The summed E-state index contributed by atoms with van der Waals surface area (Å²) < 4.78 is 5.07. The lowest BCUT2D eigenvalue weighted by molar-refractivity contribution is -0.137. The molecular weight excluding hydrogens is 218 g/mol. The molecule has 90 valence electrons. The van der Waals surface area contributed by atoms with Gasteiger partial charge in [0.15, 0.2) is 0 Å². The molecule has 4 nitrogen and oxygen atoms in total. The number of methoxy groups -OCH3 is 1. The average Bonchev–Trinajstić information content (AvgIpc) is 2.58. The van der Waals surface area contributed by atoms with E-state index in [2.05, 4.69) is 0 Å². The zero-order valence-corrected chi connectivity index (χ0v) is 9.97. The van der Waals surface area contributed by atoms with Crippen molar-refractivity contribution in [3.8, 4) is 5.75 Å². The van der Waals surface area contributed by atoms with Gasteiger partial charge in [0.1, 0.15) is 5.75 Å². The van der Waals surface area contributed by atoms with E-state index in [1.54, 1.807) is 14.2 Å². The van der Waals surface area contributed by atoms with Gasteiger partial charge in [0.2, 0.25) is 11.8 Å². The number of benzene rings is 1. The molecule has 0 bridgehead atoms. The number of amides is 2. The molecule has 1 aromatic rings. The number of rotatable bonds is 3. The molecule has 0 saturated carbocycles. The first-order valence-electron chi connectivity index (χ1n) is 5.55. The summed E-state index contributed by atoms with van der Waals surface area (Å²) in [5.74, 6) is 0.417. The van der Waals surface area contributed by atoms with Gasteiger partial charge in [0.05, 0.1) is 13.0 Å². The van der Waals surface area contributed by atoms with E-state index in [1.807, 2.05) is 24.3 Å². The van der Waals surface area contributed by atoms with Crippen LogP contribution >= 0.6 is 0 Å². The SMILES string of the molecule is COc1ccc(CC2CC(=O)N(C)C2=O)cc1. The fourth-order valence-electron chi connectivity index (χ4n) is 2.04. The number of hydrogen-bond acceptors (Lipinski definition) is 3. The molecule has 1 heterocycles. The number of nitrogens with zero attached hydrogens (tertiary/aromatic N) is 1. The molecule has 0 aromatic heterocycles. The molecular formula is C13H15NO3. The molecule has 1 unspecified atom stereocenters. The van der Waals surface area contributed by atoms with Gasteiger partial charge in [0, 0.05) is 13.5 Å². The van der Waals surface area contributed by atoms with Crippen LogP contribution in [0.4, 0.5) is 0 Å². The van der Waals surface area contributed by atoms with E-state index in [9.17, 15) is 9.59 Å². The van der Waals surface area contributed by atoms with E-state index in [0.717, 1.165) is 11.3 Å².